The van der Waals surface area contributed by atoms with Gasteiger partial charge in [0.1, 0.15) is 5.75 Å². The average molecular weight is 300 g/mol. The van der Waals surface area contributed by atoms with E-state index in [4.69, 9.17) is 10.5 Å². The van der Waals surface area contributed by atoms with Crippen LogP contribution in [0, 0.1) is 0 Å². The fourth-order valence-corrected chi connectivity index (χ4v) is 3.28. The molecule has 0 saturated carbocycles. The molecule has 0 bridgehead atoms. The summed E-state index contributed by atoms with van der Waals surface area (Å²) in [6.45, 7) is 2.94. The minimum Gasteiger partial charge on any atom is -0.497 e. The van der Waals surface area contributed by atoms with Crippen LogP contribution in [-0.4, -0.2) is 28.6 Å². The fraction of sp³-hybridized carbons (Fsp3) is 0.571. The molecule has 0 radical (unpaired) electrons. The molecule has 0 aliphatic rings. The standard InChI is InChI=1S/C14H24N2O3S/c1-3-4-5-10-16-20(17,18)14-7-6-13(19-2)11-12(14)8-9-15/h6-7,11,16H,3-5,8-10,15H2,1-2H3. The van der Waals surface area contributed by atoms with Gasteiger partial charge in [0.15, 0.2) is 0 Å². The van der Waals surface area contributed by atoms with Crippen LogP contribution in [0.1, 0.15) is 31.7 Å². The molecule has 5 nitrogen and oxygen atoms in total. The quantitative estimate of drug-likeness (QED) is 0.680. The Bertz CT molecular complexity index is 515. The van der Waals surface area contributed by atoms with Crippen molar-refractivity contribution in [2.45, 2.75) is 37.5 Å². The van der Waals surface area contributed by atoms with Crippen molar-refractivity contribution >= 4 is 10.0 Å². The Morgan fingerprint density at radius 1 is 1.30 bits per heavy atom. The van der Waals surface area contributed by atoms with Gasteiger partial charge >= 0.3 is 0 Å². The highest BCUT2D eigenvalue weighted by Gasteiger charge is 2.18. The van der Waals surface area contributed by atoms with Crippen molar-refractivity contribution in [1.82, 2.24) is 4.72 Å². The SMILES string of the molecule is CCCCCNS(=O)(=O)c1ccc(OC)cc1CCN. The van der Waals surface area contributed by atoms with Crippen LogP contribution in [0.25, 0.3) is 0 Å². The van der Waals surface area contributed by atoms with Crippen LogP contribution in [0.3, 0.4) is 0 Å². The lowest BCUT2D eigenvalue weighted by Crippen LogP contribution is -2.26. The minimum absolute atomic E-state index is 0.292. The number of hydrogen-bond donors (Lipinski definition) is 2. The van der Waals surface area contributed by atoms with Crippen LogP contribution < -0.4 is 15.2 Å². The third kappa shape index (κ3) is 4.77. The molecule has 0 unspecified atom stereocenters. The van der Waals surface area contributed by atoms with Gasteiger partial charge in [-0.15, -0.1) is 0 Å². The second kappa shape index (κ2) is 8.24. The number of nitrogens with two attached hydrogens (primary N) is 1. The summed E-state index contributed by atoms with van der Waals surface area (Å²) in [6.07, 6.45) is 3.42. The Kier molecular flexibility index (Phi) is 6.98. The monoisotopic (exact) mass is 300 g/mol. The third-order valence-electron chi connectivity index (χ3n) is 3.04. The number of hydrogen-bond acceptors (Lipinski definition) is 4. The summed E-state index contributed by atoms with van der Waals surface area (Å²) in [5.74, 6) is 0.637. The van der Waals surface area contributed by atoms with E-state index in [0.717, 1.165) is 19.3 Å². The summed E-state index contributed by atoms with van der Waals surface area (Å²) in [7, 11) is -1.93. The predicted molar refractivity (Wildman–Crippen MR) is 80.5 cm³/mol. The van der Waals surface area contributed by atoms with Gasteiger partial charge in [-0.2, -0.15) is 0 Å². The molecule has 20 heavy (non-hydrogen) atoms. The van der Waals surface area contributed by atoms with Crippen molar-refractivity contribution in [3.8, 4) is 5.75 Å². The molecule has 114 valence electrons. The molecule has 3 N–H and O–H groups in total. The van der Waals surface area contributed by atoms with Crippen molar-refractivity contribution in [2.24, 2.45) is 5.73 Å². The van der Waals surface area contributed by atoms with Gasteiger partial charge in [0, 0.05) is 6.54 Å². The molecule has 1 rings (SSSR count). The van der Waals surface area contributed by atoms with E-state index in [0.29, 0.717) is 35.7 Å². The second-order valence-electron chi connectivity index (χ2n) is 4.62. The molecule has 0 aliphatic carbocycles. The Balaban J connectivity index is 2.92. The molecule has 0 fully saturated rings. The first-order valence-corrected chi connectivity index (χ1v) is 8.40. The third-order valence-corrected chi connectivity index (χ3v) is 4.60. The number of ether oxygens (including phenoxy) is 1. The lowest BCUT2D eigenvalue weighted by atomic mass is 10.1. The van der Waals surface area contributed by atoms with Crippen molar-refractivity contribution in [1.29, 1.82) is 0 Å². The zero-order valence-electron chi connectivity index (χ0n) is 12.2. The highest BCUT2D eigenvalue weighted by molar-refractivity contribution is 7.89. The van der Waals surface area contributed by atoms with Crippen LogP contribution in [0.15, 0.2) is 23.1 Å². The van der Waals surface area contributed by atoms with Gasteiger partial charge in [0.25, 0.3) is 0 Å². The van der Waals surface area contributed by atoms with Gasteiger partial charge in [-0.05, 0) is 43.1 Å². The Hall–Kier alpha value is -1.11. The van der Waals surface area contributed by atoms with Gasteiger partial charge in [0.05, 0.1) is 12.0 Å². The van der Waals surface area contributed by atoms with Crippen LogP contribution in [-0.2, 0) is 16.4 Å². The summed E-state index contributed by atoms with van der Waals surface area (Å²) >= 11 is 0. The van der Waals surface area contributed by atoms with E-state index in [1.54, 1.807) is 25.3 Å². The molecule has 0 spiro atoms. The summed E-state index contributed by atoms with van der Waals surface area (Å²) in [5, 5.41) is 0. The second-order valence-corrected chi connectivity index (χ2v) is 6.35. The fourth-order valence-electron chi connectivity index (χ4n) is 1.96. The molecule has 6 heteroatoms. The Morgan fingerprint density at radius 2 is 2.05 bits per heavy atom. The van der Waals surface area contributed by atoms with Gasteiger partial charge in [-0.25, -0.2) is 13.1 Å². The molecule has 0 heterocycles. The molecular formula is C14H24N2O3S. The molecule has 0 aromatic heterocycles. The van der Waals surface area contributed by atoms with E-state index in [2.05, 4.69) is 11.6 Å². The minimum atomic E-state index is -3.48. The zero-order chi connectivity index (χ0) is 15.0. The summed E-state index contributed by atoms with van der Waals surface area (Å²) < 4.78 is 32.4. The van der Waals surface area contributed by atoms with Gasteiger partial charge in [-0.3, -0.25) is 0 Å². The molecular weight excluding hydrogens is 276 g/mol. The number of nitrogens with one attached hydrogen (secondary N) is 1. The molecule has 0 saturated heterocycles. The number of rotatable bonds is 9. The van der Waals surface area contributed by atoms with E-state index >= 15 is 0 Å². The molecule has 0 atom stereocenters. The molecule has 1 aromatic rings. The van der Waals surface area contributed by atoms with Gasteiger partial charge < -0.3 is 10.5 Å². The zero-order valence-corrected chi connectivity index (χ0v) is 13.0. The smallest absolute Gasteiger partial charge is 0.240 e. The van der Waals surface area contributed by atoms with E-state index in [1.807, 2.05) is 0 Å². The van der Waals surface area contributed by atoms with Crippen molar-refractivity contribution in [3.63, 3.8) is 0 Å². The largest absolute Gasteiger partial charge is 0.497 e. The first-order valence-electron chi connectivity index (χ1n) is 6.91. The maximum Gasteiger partial charge on any atom is 0.240 e. The normalized spacial score (nSPS) is 11.6. The number of methoxy groups -OCH3 is 1. The maximum absolute atomic E-state index is 12.3. The van der Waals surface area contributed by atoms with E-state index in [1.165, 1.54) is 0 Å². The summed E-state index contributed by atoms with van der Waals surface area (Å²) in [6, 6.07) is 4.96. The van der Waals surface area contributed by atoms with Crippen molar-refractivity contribution < 1.29 is 13.2 Å². The van der Waals surface area contributed by atoms with Crippen LogP contribution in [0.4, 0.5) is 0 Å². The first kappa shape index (κ1) is 16.9. The molecule has 1 aromatic carbocycles. The van der Waals surface area contributed by atoms with Crippen molar-refractivity contribution in [2.75, 3.05) is 20.2 Å². The Morgan fingerprint density at radius 3 is 2.65 bits per heavy atom. The first-order chi connectivity index (χ1) is 9.55. The van der Waals surface area contributed by atoms with E-state index in [9.17, 15) is 8.42 Å². The molecule has 0 amide bonds. The lowest BCUT2D eigenvalue weighted by molar-refractivity contribution is 0.413. The number of sulfonamides is 1. The van der Waals surface area contributed by atoms with Crippen LogP contribution >= 0.6 is 0 Å². The van der Waals surface area contributed by atoms with E-state index < -0.39 is 10.0 Å². The van der Waals surface area contributed by atoms with Crippen molar-refractivity contribution in [3.05, 3.63) is 23.8 Å². The Labute approximate surface area is 121 Å². The summed E-state index contributed by atoms with van der Waals surface area (Å²) in [4.78, 5) is 0.292. The molecule has 0 aliphatic heterocycles. The van der Waals surface area contributed by atoms with Gasteiger partial charge in [0.2, 0.25) is 10.0 Å². The van der Waals surface area contributed by atoms with Gasteiger partial charge in [-0.1, -0.05) is 19.8 Å². The highest BCUT2D eigenvalue weighted by atomic mass is 32.2. The average Bonchev–Trinajstić information content (AvgIpc) is 2.43. The van der Waals surface area contributed by atoms with E-state index in [-0.39, 0.29) is 0 Å². The number of benzene rings is 1. The highest BCUT2D eigenvalue weighted by Crippen LogP contribution is 2.22. The van der Waals surface area contributed by atoms with Crippen LogP contribution in [0.2, 0.25) is 0 Å². The predicted octanol–water partition coefficient (Wildman–Crippen LogP) is 1.66. The maximum atomic E-state index is 12.3. The summed E-state index contributed by atoms with van der Waals surface area (Å²) in [5.41, 5.74) is 6.24. The topological polar surface area (TPSA) is 81.4 Å². The lowest BCUT2D eigenvalue weighted by Gasteiger charge is -2.12. The number of unbranched alkanes of at least 4 members (excludes halogenated alkanes) is 2. The van der Waals surface area contributed by atoms with Crippen LogP contribution in [0.5, 0.6) is 5.75 Å².